The monoisotopic (exact) mass is 443 g/mol. The van der Waals surface area contributed by atoms with Gasteiger partial charge in [-0.25, -0.2) is 5.48 Å². The summed E-state index contributed by atoms with van der Waals surface area (Å²) in [5.41, 5.74) is 4.28. The Labute approximate surface area is 192 Å². The number of rotatable bonds is 8. The highest BCUT2D eigenvalue weighted by Gasteiger charge is 2.29. The molecule has 0 saturated heterocycles. The van der Waals surface area contributed by atoms with Crippen molar-refractivity contribution in [2.75, 3.05) is 7.05 Å². The molecule has 3 N–H and O–H groups in total. The van der Waals surface area contributed by atoms with Crippen molar-refractivity contribution in [3.63, 3.8) is 0 Å². The molecule has 33 heavy (non-hydrogen) atoms. The van der Waals surface area contributed by atoms with Crippen LogP contribution in [-0.4, -0.2) is 34.9 Å². The highest BCUT2D eigenvalue weighted by Crippen LogP contribution is 2.23. The van der Waals surface area contributed by atoms with Gasteiger partial charge in [0.2, 0.25) is 5.91 Å². The van der Waals surface area contributed by atoms with Crippen molar-refractivity contribution < 1.29 is 19.6 Å². The van der Waals surface area contributed by atoms with Gasteiger partial charge in [-0.3, -0.25) is 19.6 Å². The maximum Gasteiger partial charge on any atom is 0.267 e. The molecule has 0 aliphatic heterocycles. The Bertz CT molecular complexity index is 1110. The molecule has 168 valence electrons. The van der Waals surface area contributed by atoms with Gasteiger partial charge in [0.05, 0.1) is 0 Å². The normalized spacial score (nSPS) is 11.6. The predicted octanol–water partition coefficient (Wildman–Crippen LogP) is 3.33. The fourth-order valence-corrected chi connectivity index (χ4v) is 3.33. The molecule has 7 nitrogen and oxygen atoms in total. The molecule has 0 fully saturated rings. The van der Waals surface area contributed by atoms with Gasteiger partial charge in [0, 0.05) is 25.2 Å². The summed E-state index contributed by atoms with van der Waals surface area (Å²) in [5, 5.41) is 11.5. The number of nitrogens with one attached hydrogen (secondary N) is 2. The average molecular weight is 444 g/mol. The first kappa shape index (κ1) is 23.4. The predicted molar refractivity (Wildman–Crippen MR) is 125 cm³/mol. The second-order valence-electron chi connectivity index (χ2n) is 7.36. The maximum absolute atomic E-state index is 13.2. The highest BCUT2D eigenvalue weighted by molar-refractivity contribution is 5.97. The molecule has 1 unspecified atom stereocenters. The fraction of sp³-hybridized carbons (Fsp3) is 0.115. The Morgan fingerprint density at radius 1 is 0.909 bits per heavy atom. The molecular weight excluding hydrogens is 418 g/mol. The lowest BCUT2D eigenvalue weighted by molar-refractivity contribution is -0.126. The summed E-state index contributed by atoms with van der Waals surface area (Å²) in [6, 6.07) is 24.4. The van der Waals surface area contributed by atoms with Gasteiger partial charge in [0.1, 0.15) is 6.04 Å². The summed E-state index contributed by atoms with van der Waals surface area (Å²) >= 11 is 0. The molecule has 0 saturated carbocycles. The van der Waals surface area contributed by atoms with E-state index in [0.29, 0.717) is 23.2 Å². The average Bonchev–Trinajstić information content (AvgIpc) is 2.87. The molecule has 0 spiro atoms. The lowest BCUT2D eigenvalue weighted by Gasteiger charge is -2.28. The quantitative estimate of drug-likeness (QED) is 0.283. The molecule has 3 amide bonds. The summed E-state index contributed by atoms with van der Waals surface area (Å²) in [6.07, 6.45) is 2.71. The van der Waals surface area contributed by atoms with Gasteiger partial charge >= 0.3 is 0 Å². The second-order valence-corrected chi connectivity index (χ2v) is 7.36. The van der Waals surface area contributed by atoms with E-state index >= 15 is 0 Å². The minimum absolute atomic E-state index is 0.279. The molecule has 0 bridgehead atoms. The van der Waals surface area contributed by atoms with Gasteiger partial charge in [0.25, 0.3) is 11.8 Å². The molecule has 1 atom stereocenters. The number of hydrogen-bond donors (Lipinski definition) is 3. The third-order valence-electron chi connectivity index (χ3n) is 5.08. The summed E-state index contributed by atoms with van der Waals surface area (Å²) in [4.78, 5) is 38.9. The standard InChI is InChI=1S/C26H25N3O4/c1-29(26(32)22-10-6-3-7-11-22)24(25(31)27-18-20-8-4-2-5-9-20)21-15-12-19(13-16-21)14-17-23(30)28-33/h2-17,24,33H,18H2,1H3,(H,27,31)(H,28,30). The molecule has 3 aromatic rings. The van der Waals surface area contributed by atoms with Crippen molar-refractivity contribution in [3.8, 4) is 0 Å². The Morgan fingerprint density at radius 2 is 1.52 bits per heavy atom. The van der Waals surface area contributed by atoms with E-state index in [-0.39, 0.29) is 11.8 Å². The van der Waals surface area contributed by atoms with Crippen molar-refractivity contribution in [3.05, 3.63) is 113 Å². The van der Waals surface area contributed by atoms with Gasteiger partial charge in [-0.05, 0) is 34.9 Å². The number of benzene rings is 3. The minimum Gasteiger partial charge on any atom is -0.350 e. The third-order valence-corrected chi connectivity index (χ3v) is 5.08. The Balaban J connectivity index is 1.85. The summed E-state index contributed by atoms with van der Waals surface area (Å²) in [6.45, 7) is 0.334. The molecular formula is C26H25N3O4. The SMILES string of the molecule is CN(C(=O)c1ccccc1)C(C(=O)NCc1ccccc1)c1ccc(C=CC(=O)NO)cc1. The van der Waals surface area contributed by atoms with E-state index < -0.39 is 11.9 Å². The second kappa shape index (κ2) is 11.4. The first-order valence-electron chi connectivity index (χ1n) is 10.4. The van der Waals surface area contributed by atoms with Crippen molar-refractivity contribution in [1.82, 2.24) is 15.7 Å². The number of nitrogens with zero attached hydrogens (tertiary/aromatic N) is 1. The van der Waals surface area contributed by atoms with E-state index in [1.807, 2.05) is 36.4 Å². The summed E-state index contributed by atoms with van der Waals surface area (Å²) in [7, 11) is 1.60. The zero-order valence-electron chi connectivity index (χ0n) is 18.1. The van der Waals surface area contributed by atoms with Crippen LogP contribution >= 0.6 is 0 Å². The van der Waals surface area contributed by atoms with Crippen LogP contribution in [0.2, 0.25) is 0 Å². The zero-order chi connectivity index (χ0) is 23.6. The zero-order valence-corrected chi connectivity index (χ0v) is 18.1. The molecule has 7 heteroatoms. The molecule has 0 heterocycles. The van der Waals surface area contributed by atoms with Crippen molar-refractivity contribution in [1.29, 1.82) is 0 Å². The van der Waals surface area contributed by atoms with Crippen LogP contribution in [0.5, 0.6) is 0 Å². The van der Waals surface area contributed by atoms with Crippen molar-refractivity contribution >= 4 is 23.8 Å². The van der Waals surface area contributed by atoms with Crippen LogP contribution in [0.1, 0.15) is 33.1 Å². The van der Waals surface area contributed by atoms with E-state index in [2.05, 4.69) is 5.32 Å². The highest BCUT2D eigenvalue weighted by atomic mass is 16.5. The van der Waals surface area contributed by atoms with Gasteiger partial charge in [-0.2, -0.15) is 0 Å². The maximum atomic E-state index is 13.2. The number of likely N-dealkylation sites (N-methyl/N-ethyl adjacent to an activating group) is 1. The fourth-order valence-electron chi connectivity index (χ4n) is 3.33. The van der Waals surface area contributed by atoms with Gasteiger partial charge in [0.15, 0.2) is 0 Å². The van der Waals surface area contributed by atoms with Crippen molar-refractivity contribution in [2.45, 2.75) is 12.6 Å². The molecule has 0 aliphatic carbocycles. The minimum atomic E-state index is -0.861. The van der Waals surface area contributed by atoms with Crippen molar-refractivity contribution in [2.24, 2.45) is 0 Å². The largest absolute Gasteiger partial charge is 0.350 e. The van der Waals surface area contributed by atoms with E-state index in [0.717, 1.165) is 5.56 Å². The number of hydroxylamine groups is 1. The summed E-state index contributed by atoms with van der Waals surface area (Å²) in [5.74, 6) is -1.24. The molecule has 0 aromatic heterocycles. The number of hydrogen-bond acceptors (Lipinski definition) is 4. The van der Waals surface area contributed by atoms with E-state index in [1.165, 1.54) is 22.5 Å². The Morgan fingerprint density at radius 3 is 2.12 bits per heavy atom. The lowest BCUT2D eigenvalue weighted by atomic mass is 10.0. The molecule has 3 aromatic carbocycles. The Hall–Kier alpha value is -4.23. The Kier molecular flexibility index (Phi) is 8.10. The molecule has 0 radical (unpaired) electrons. The van der Waals surface area contributed by atoms with Gasteiger partial charge in [-0.1, -0.05) is 72.8 Å². The first-order chi connectivity index (χ1) is 16.0. The van der Waals surface area contributed by atoms with Crippen LogP contribution in [0.15, 0.2) is 91.0 Å². The number of carbonyl (C=O) groups is 3. The van der Waals surface area contributed by atoms with Gasteiger partial charge in [-0.15, -0.1) is 0 Å². The summed E-state index contributed by atoms with van der Waals surface area (Å²) < 4.78 is 0. The van der Waals surface area contributed by atoms with Crippen LogP contribution < -0.4 is 10.8 Å². The van der Waals surface area contributed by atoms with E-state index in [1.54, 1.807) is 55.6 Å². The smallest absolute Gasteiger partial charge is 0.267 e. The topological polar surface area (TPSA) is 98.7 Å². The molecule has 0 aliphatic rings. The first-order valence-corrected chi connectivity index (χ1v) is 10.4. The number of carbonyl (C=O) groups excluding carboxylic acids is 3. The van der Waals surface area contributed by atoms with Crippen LogP contribution in [0, 0.1) is 0 Å². The van der Waals surface area contributed by atoms with Crippen LogP contribution in [0.4, 0.5) is 0 Å². The molecule has 3 rings (SSSR count). The van der Waals surface area contributed by atoms with Crippen LogP contribution in [0.3, 0.4) is 0 Å². The third kappa shape index (κ3) is 6.38. The van der Waals surface area contributed by atoms with Gasteiger partial charge < -0.3 is 10.2 Å². The van der Waals surface area contributed by atoms with Crippen LogP contribution in [0.25, 0.3) is 6.08 Å². The lowest BCUT2D eigenvalue weighted by Crippen LogP contribution is -2.41. The van der Waals surface area contributed by atoms with E-state index in [4.69, 9.17) is 5.21 Å². The van der Waals surface area contributed by atoms with Crippen LogP contribution in [-0.2, 0) is 16.1 Å². The van der Waals surface area contributed by atoms with E-state index in [9.17, 15) is 14.4 Å². The number of amides is 3.